The maximum Gasteiger partial charge on any atom is 0.0915 e. The first-order chi connectivity index (χ1) is 8.04. The van der Waals surface area contributed by atoms with Crippen LogP contribution in [0.4, 0.5) is 0 Å². The van der Waals surface area contributed by atoms with Crippen LogP contribution in [0.2, 0.25) is 0 Å². The van der Waals surface area contributed by atoms with Crippen LogP contribution >= 0.6 is 0 Å². The summed E-state index contributed by atoms with van der Waals surface area (Å²) in [6, 6.07) is 0. The van der Waals surface area contributed by atoms with Crippen molar-refractivity contribution in [1.29, 1.82) is 0 Å². The summed E-state index contributed by atoms with van der Waals surface area (Å²) < 4.78 is 4.92. The van der Waals surface area contributed by atoms with Crippen molar-refractivity contribution in [3.8, 4) is 0 Å². The molecule has 1 fully saturated rings. The normalized spacial score (nSPS) is 26.1. The number of nitrogens with one attached hydrogen (secondary N) is 1. The fourth-order valence-electron chi connectivity index (χ4n) is 2.61. The molecule has 1 aliphatic rings. The summed E-state index contributed by atoms with van der Waals surface area (Å²) in [4.78, 5) is 5.30. The standard InChI is InChI=1S/C14H29NO2/c1-14(2,3)13-7-5-12(6-8-13)11-15-17-10-9-16-4/h12-13,15H,5-11H2,1-4H3. The Morgan fingerprint density at radius 3 is 2.24 bits per heavy atom. The van der Waals surface area contributed by atoms with Crippen LogP contribution in [0.5, 0.6) is 0 Å². The van der Waals surface area contributed by atoms with Crippen LogP contribution < -0.4 is 5.48 Å². The smallest absolute Gasteiger partial charge is 0.0915 e. The van der Waals surface area contributed by atoms with Crippen LogP contribution in [-0.2, 0) is 9.57 Å². The van der Waals surface area contributed by atoms with Crippen molar-refractivity contribution in [1.82, 2.24) is 5.48 Å². The molecule has 0 spiro atoms. The van der Waals surface area contributed by atoms with Crippen molar-refractivity contribution in [2.75, 3.05) is 26.9 Å². The van der Waals surface area contributed by atoms with E-state index >= 15 is 0 Å². The van der Waals surface area contributed by atoms with Gasteiger partial charge in [0.15, 0.2) is 0 Å². The van der Waals surface area contributed by atoms with Gasteiger partial charge in [0, 0.05) is 13.7 Å². The monoisotopic (exact) mass is 243 g/mol. The van der Waals surface area contributed by atoms with E-state index in [9.17, 15) is 0 Å². The molecule has 1 N–H and O–H groups in total. The lowest BCUT2D eigenvalue weighted by Gasteiger charge is -2.37. The Morgan fingerprint density at radius 2 is 1.71 bits per heavy atom. The minimum Gasteiger partial charge on any atom is -0.382 e. The third-order valence-corrected chi connectivity index (χ3v) is 3.94. The van der Waals surface area contributed by atoms with Crippen LogP contribution in [0.25, 0.3) is 0 Å². The second-order valence-electron chi connectivity index (χ2n) is 6.27. The first-order valence-electron chi connectivity index (χ1n) is 6.87. The van der Waals surface area contributed by atoms with E-state index in [0.29, 0.717) is 18.6 Å². The number of hydroxylamine groups is 1. The summed E-state index contributed by atoms with van der Waals surface area (Å²) in [5.41, 5.74) is 3.54. The van der Waals surface area contributed by atoms with Gasteiger partial charge in [0.05, 0.1) is 13.2 Å². The summed E-state index contributed by atoms with van der Waals surface area (Å²) in [6.45, 7) is 9.37. The Bertz CT molecular complexity index is 193. The molecule has 0 aromatic heterocycles. The molecule has 0 amide bonds. The lowest BCUT2D eigenvalue weighted by atomic mass is 9.70. The fourth-order valence-corrected chi connectivity index (χ4v) is 2.61. The second kappa shape index (κ2) is 7.34. The average molecular weight is 243 g/mol. The van der Waals surface area contributed by atoms with Gasteiger partial charge in [0.1, 0.15) is 0 Å². The van der Waals surface area contributed by atoms with E-state index in [0.717, 1.165) is 18.4 Å². The molecule has 1 saturated carbocycles. The summed E-state index contributed by atoms with van der Waals surface area (Å²) in [6.07, 6.45) is 5.41. The summed E-state index contributed by atoms with van der Waals surface area (Å²) >= 11 is 0. The van der Waals surface area contributed by atoms with Crippen molar-refractivity contribution in [2.45, 2.75) is 46.5 Å². The van der Waals surface area contributed by atoms with Crippen LogP contribution in [0.3, 0.4) is 0 Å². The largest absolute Gasteiger partial charge is 0.382 e. The van der Waals surface area contributed by atoms with Crippen LogP contribution in [0.15, 0.2) is 0 Å². The number of rotatable bonds is 6. The highest BCUT2D eigenvalue weighted by Gasteiger charge is 2.29. The molecule has 0 aliphatic heterocycles. The first-order valence-corrected chi connectivity index (χ1v) is 6.87. The van der Waals surface area contributed by atoms with Crippen molar-refractivity contribution >= 4 is 0 Å². The van der Waals surface area contributed by atoms with E-state index in [2.05, 4.69) is 26.3 Å². The molecule has 0 saturated heterocycles. The van der Waals surface area contributed by atoms with Crippen molar-refractivity contribution in [2.24, 2.45) is 17.3 Å². The van der Waals surface area contributed by atoms with Gasteiger partial charge in [-0.05, 0) is 42.9 Å². The van der Waals surface area contributed by atoms with Gasteiger partial charge in [0.2, 0.25) is 0 Å². The van der Waals surface area contributed by atoms with E-state index in [-0.39, 0.29) is 0 Å². The highest BCUT2D eigenvalue weighted by molar-refractivity contribution is 4.80. The lowest BCUT2D eigenvalue weighted by molar-refractivity contribution is -0.00397. The van der Waals surface area contributed by atoms with Crippen LogP contribution in [-0.4, -0.2) is 26.9 Å². The zero-order chi connectivity index (χ0) is 12.7. The Balaban J connectivity index is 2.07. The minimum atomic E-state index is 0.480. The van der Waals surface area contributed by atoms with Gasteiger partial charge in [-0.2, -0.15) is 0 Å². The van der Waals surface area contributed by atoms with Gasteiger partial charge in [0.25, 0.3) is 0 Å². The molecule has 0 bridgehead atoms. The number of hydrogen-bond acceptors (Lipinski definition) is 3. The molecule has 0 heterocycles. The van der Waals surface area contributed by atoms with E-state index in [1.807, 2.05) is 0 Å². The predicted octanol–water partition coefficient (Wildman–Crippen LogP) is 3.01. The van der Waals surface area contributed by atoms with Gasteiger partial charge in [-0.25, -0.2) is 5.48 Å². The summed E-state index contributed by atoms with van der Waals surface area (Å²) in [5, 5.41) is 0. The van der Waals surface area contributed by atoms with Crippen LogP contribution in [0, 0.1) is 17.3 Å². The van der Waals surface area contributed by atoms with Crippen molar-refractivity contribution in [3.63, 3.8) is 0 Å². The highest BCUT2D eigenvalue weighted by atomic mass is 16.7. The topological polar surface area (TPSA) is 30.5 Å². The third kappa shape index (κ3) is 5.84. The molecule has 17 heavy (non-hydrogen) atoms. The summed E-state index contributed by atoms with van der Waals surface area (Å²) in [7, 11) is 1.69. The number of ether oxygens (including phenoxy) is 1. The molecule has 1 aliphatic carbocycles. The lowest BCUT2D eigenvalue weighted by Crippen LogP contribution is -2.31. The van der Waals surface area contributed by atoms with Gasteiger partial charge >= 0.3 is 0 Å². The molecule has 3 heteroatoms. The SMILES string of the molecule is COCCONCC1CCC(C(C)(C)C)CC1. The van der Waals surface area contributed by atoms with E-state index in [4.69, 9.17) is 9.57 Å². The van der Waals surface area contributed by atoms with E-state index < -0.39 is 0 Å². The van der Waals surface area contributed by atoms with Gasteiger partial charge in [-0.1, -0.05) is 20.8 Å². The quantitative estimate of drug-likeness (QED) is 0.574. The molecular weight excluding hydrogens is 214 g/mol. The first kappa shape index (κ1) is 14.9. The Labute approximate surface area is 106 Å². The number of methoxy groups -OCH3 is 1. The Hall–Kier alpha value is -0.120. The van der Waals surface area contributed by atoms with Gasteiger partial charge in [-0.15, -0.1) is 0 Å². The average Bonchev–Trinajstić information content (AvgIpc) is 2.28. The predicted molar refractivity (Wildman–Crippen MR) is 70.7 cm³/mol. The molecule has 1 rings (SSSR count). The Morgan fingerprint density at radius 1 is 1.06 bits per heavy atom. The highest BCUT2D eigenvalue weighted by Crippen LogP contribution is 2.39. The fraction of sp³-hybridized carbons (Fsp3) is 1.00. The second-order valence-corrected chi connectivity index (χ2v) is 6.27. The molecular formula is C14H29NO2. The van der Waals surface area contributed by atoms with Crippen molar-refractivity contribution < 1.29 is 9.57 Å². The van der Waals surface area contributed by atoms with E-state index in [1.165, 1.54) is 25.7 Å². The minimum absolute atomic E-state index is 0.480. The third-order valence-electron chi connectivity index (χ3n) is 3.94. The molecule has 0 unspecified atom stereocenters. The number of hydrogen-bond donors (Lipinski definition) is 1. The molecule has 0 atom stereocenters. The maximum atomic E-state index is 5.30. The molecule has 102 valence electrons. The maximum absolute atomic E-state index is 5.30. The molecule has 0 radical (unpaired) electrons. The molecule has 3 nitrogen and oxygen atoms in total. The van der Waals surface area contributed by atoms with Crippen LogP contribution in [0.1, 0.15) is 46.5 Å². The zero-order valence-corrected chi connectivity index (χ0v) is 11.9. The molecule has 0 aromatic carbocycles. The Kier molecular flexibility index (Phi) is 6.45. The van der Waals surface area contributed by atoms with Gasteiger partial charge < -0.3 is 4.74 Å². The van der Waals surface area contributed by atoms with Gasteiger partial charge in [-0.3, -0.25) is 4.84 Å². The zero-order valence-electron chi connectivity index (χ0n) is 11.9. The molecule has 0 aromatic rings. The van der Waals surface area contributed by atoms with Crippen molar-refractivity contribution in [3.05, 3.63) is 0 Å². The van der Waals surface area contributed by atoms with E-state index in [1.54, 1.807) is 7.11 Å². The summed E-state index contributed by atoms with van der Waals surface area (Å²) in [5.74, 6) is 1.68.